The number of amides is 2. The lowest BCUT2D eigenvalue weighted by atomic mass is 10.2. The fourth-order valence-corrected chi connectivity index (χ4v) is 3.49. The Balaban J connectivity index is 1.55. The summed E-state index contributed by atoms with van der Waals surface area (Å²) in [6.07, 6.45) is 0. The molecule has 10 heteroatoms. The van der Waals surface area contributed by atoms with Crippen LogP contribution < -0.4 is 15.4 Å². The Labute approximate surface area is 183 Å². The molecule has 3 aromatic rings. The number of carbonyl (C=O) groups is 2. The normalized spacial score (nSPS) is 10.6. The van der Waals surface area contributed by atoms with Crippen LogP contribution >= 0.6 is 11.8 Å². The van der Waals surface area contributed by atoms with Crippen molar-refractivity contribution in [3.8, 4) is 5.75 Å². The molecule has 0 radical (unpaired) electrons. The number of hydrogen-bond donors (Lipinski definition) is 2. The zero-order chi connectivity index (χ0) is 22.4. The first-order valence-electron chi connectivity index (χ1n) is 9.37. The molecular weight excluding hydrogens is 421 g/mol. The zero-order valence-corrected chi connectivity index (χ0v) is 18.1. The molecule has 0 spiro atoms. The molecule has 0 unspecified atom stereocenters. The van der Waals surface area contributed by atoms with E-state index in [2.05, 4.69) is 20.8 Å². The lowest BCUT2D eigenvalue weighted by Gasteiger charge is -2.09. The summed E-state index contributed by atoms with van der Waals surface area (Å²) in [5, 5.41) is 14.1. The summed E-state index contributed by atoms with van der Waals surface area (Å²) in [6.45, 7) is 1.95. The zero-order valence-electron chi connectivity index (χ0n) is 17.3. The molecule has 2 amide bonds. The Morgan fingerprint density at radius 3 is 2.74 bits per heavy atom. The number of nitrogens with zero attached hydrogens (tertiary/aromatic N) is 3. The summed E-state index contributed by atoms with van der Waals surface area (Å²) < 4.78 is 20.3. The maximum Gasteiger partial charge on any atom is 0.255 e. The highest BCUT2D eigenvalue weighted by atomic mass is 32.2. The van der Waals surface area contributed by atoms with Crippen LogP contribution in [-0.2, 0) is 18.4 Å². The molecule has 0 saturated carbocycles. The van der Waals surface area contributed by atoms with Gasteiger partial charge >= 0.3 is 0 Å². The lowest BCUT2D eigenvalue weighted by Crippen LogP contribution is -2.25. The second-order valence-electron chi connectivity index (χ2n) is 6.64. The van der Waals surface area contributed by atoms with Gasteiger partial charge in [-0.05, 0) is 36.8 Å². The largest absolute Gasteiger partial charge is 0.496 e. The van der Waals surface area contributed by atoms with Crippen molar-refractivity contribution < 1.29 is 18.7 Å². The van der Waals surface area contributed by atoms with Crippen LogP contribution in [0.4, 0.5) is 10.1 Å². The summed E-state index contributed by atoms with van der Waals surface area (Å²) in [6, 6.07) is 11.1. The summed E-state index contributed by atoms with van der Waals surface area (Å²) in [7, 11) is 3.26. The molecule has 1 aromatic heterocycles. The number of thioether (sulfide) groups is 1. The predicted octanol–water partition coefficient (Wildman–Crippen LogP) is 2.93. The van der Waals surface area contributed by atoms with E-state index in [1.807, 2.05) is 0 Å². The second-order valence-corrected chi connectivity index (χ2v) is 7.58. The van der Waals surface area contributed by atoms with Crippen molar-refractivity contribution in [3.05, 3.63) is 65.2 Å². The molecule has 3 rings (SSSR count). The van der Waals surface area contributed by atoms with E-state index in [4.69, 9.17) is 4.74 Å². The monoisotopic (exact) mass is 443 g/mol. The Morgan fingerprint density at radius 2 is 1.97 bits per heavy atom. The van der Waals surface area contributed by atoms with E-state index in [1.54, 1.807) is 48.9 Å². The molecular formula is C21H22FN5O3S. The van der Waals surface area contributed by atoms with Crippen LogP contribution in [0.25, 0.3) is 0 Å². The number of nitrogens with one attached hydrogen (secondary N) is 2. The van der Waals surface area contributed by atoms with Gasteiger partial charge in [-0.15, -0.1) is 10.2 Å². The van der Waals surface area contributed by atoms with Crippen LogP contribution in [0.15, 0.2) is 47.6 Å². The van der Waals surface area contributed by atoms with Gasteiger partial charge in [-0.3, -0.25) is 9.59 Å². The molecule has 8 nitrogen and oxygen atoms in total. The first-order valence-corrected chi connectivity index (χ1v) is 10.4. The quantitative estimate of drug-likeness (QED) is 0.520. The Hall–Kier alpha value is -3.40. The molecule has 31 heavy (non-hydrogen) atoms. The first-order chi connectivity index (χ1) is 14.9. The summed E-state index contributed by atoms with van der Waals surface area (Å²) in [4.78, 5) is 24.6. The number of rotatable bonds is 8. The number of benzene rings is 2. The van der Waals surface area contributed by atoms with Gasteiger partial charge in [-0.1, -0.05) is 30.0 Å². The van der Waals surface area contributed by atoms with E-state index in [0.29, 0.717) is 28.0 Å². The number of halogens is 1. The third kappa shape index (κ3) is 5.60. The maximum absolute atomic E-state index is 13.4. The van der Waals surface area contributed by atoms with Crippen molar-refractivity contribution in [2.75, 3.05) is 18.2 Å². The fraction of sp³-hybridized carbons (Fsp3) is 0.238. The van der Waals surface area contributed by atoms with Gasteiger partial charge in [0.25, 0.3) is 5.91 Å². The third-order valence-electron chi connectivity index (χ3n) is 4.49. The summed E-state index contributed by atoms with van der Waals surface area (Å²) in [5.74, 6) is 0.102. The van der Waals surface area contributed by atoms with Crippen molar-refractivity contribution in [3.63, 3.8) is 0 Å². The van der Waals surface area contributed by atoms with Crippen molar-refractivity contribution in [2.24, 2.45) is 7.05 Å². The van der Waals surface area contributed by atoms with E-state index in [0.717, 1.165) is 5.56 Å². The molecule has 162 valence electrons. The minimum absolute atomic E-state index is 0.0789. The Morgan fingerprint density at radius 1 is 1.19 bits per heavy atom. The number of aryl methyl sites for hydroxylation is 1. The molecule has 1 heterocycles. The molecule has 0 aliphatic heterocycles. The van der Waals surface area contributed by atoms with E-state index < -0.39 is 5.82 Å². The SMILES string of the molecule is COc1ccccc1C(=O)NCc1nnc(SCC(=O)Nc2cc(F)ccc2C)n1C. The van der Waals surface area contributed by atoms with Gasteiger partial charge in [-0.2, -0.15) is 0 Å². The number of ether oxygens (including phenoxy) is 1. The molecule has 0 aliphatic rings. The minimum atomic E-state index is -0.415. The van der Waals surface area contributed by atoms with Crippen LogP contribution in [0.3, 0.4) is 0 Å². The van der Waals surface area contributed by atoms with Crippen molar-refractivity contribution in [1.82, 2.24) is 20.1 Å². The smallest absolute Gasteiger partial charge is 0.255 e. The number of methoxy groups -OCH3 is 1. The van der Waals surface area contributed by atoms with E-state index in [9.17, 15) is 14.0 Å². The van der Waals surface area contributed by atoms with Gasteiger partial charge in [0.05, 0.1) is 25.0 Å². The number of hydrogen-bond acceptors (Lipinski definition) is 6. The number of aromatic nitrogens is 3. The van der Waals surface area contributed by atoms with Gasteiger partial charge in [0, 0.05) is 12.7 Å². The van der Waals surface area contributed by atoms with E-state index in [1.165, 1.54) is 31.0 Å². The van der Waals surface area contributed by atoms with Crippen LogP contribution in [0.1, 0.15) is 21.7 Å². The number of para-hydroxylation sites is 1. The Bertz CT molecular complexity index is 1100. The van der Waals surface area contributed by atoms with Gasteiger partial charge in [0.2, 0.25) is 5.91 Å². The highest BCUT2D eigenvalue weighted by molar-refractivity contribution is 7.99. The maximum atomic E-state index is 13.4. The molecule has 0 aliphatic carbocycles. The standard InChI is InChI=1S/C21H22FN5O3S/c1-13-8-9-14(22)10-16(13)24-19(28)12-31-21-26-25-18(27(21)2)11-23-20(29)15-6-4-5-7-17(15)30-3/h4-10H,11-12H2,1-3H3,(H,23,29)(H,24,28). The van der Waals surface area contributed by atoms with E-state index in [-0.39, 0.29) is 24.1 Å². The minimum Gasteiger partial charge on any atom is -0.496 e. The van der Waals surface area contributed by atoms with Crippen molar-refractivity contribution in [1.29, 1.82) is 0 Å². The van der Waals surface area contributed by atoms with Crippen LogP contribution in [-0.4, -0.2) is 39.4 Å². The molecule has 0 atom stereocenters. The van der Waals surface area contributed by atoms with Gasteiger partial charge < -0.3 is 19.9 Å². The average molecular weight is 444 g/mol. The number of anilines is 1. The predicted molar refractivity (Wildman–Crippen MR) is 116 cm³/mol. The van der Waals surface area contributed by atoms with Gasteiger partial charge in [0.1, 0.15) is 11.6 Å². The highest BCUT2D eigenvalue weighted by Crippen LogP contribution is 2.20. The van der Waals surface area contributed by atoms with Crippen LogP contribution in [0, 0.1) is 12.7 Å². The lowest BCUT2D eigenvalue weighted by molar-refractivity contribution is -0.113. The molecule has 0 bridgehead atoms. The highest BCUT2D eigenvalue weighted by Gasteiger charge is 2.15. The van der Waals surface area contributed by atoms with E-state index >= 15 is 0 Å². The molecule has 2 N–H and O–H groups in total. The van der Waals surface area contributed by atoms with Crippen molar-refractivity contribution >= 4 is 29.3 Å². The van der Waals surface area contributed by atoms with Crippen LogP contribution in [0.2, 0.25) is 0 Å². The van der Waals surface area contributed by atoms with Gasteiger partial charge in [-0.25, -0.2) is 4.39 Å². The van der Waals surface area contributed by atoms with Crippen LogP contribution in [0.5, 0.6) is 5.75 Å². The average Bonchev–Trinajstić information content (AvgIpc) is 3.12. The number of carbonyl (C=O) groups excluding carboxylic acids is 2. The third-order valence-corrected chi connectivity index (χ3v) is 5.51. The van der Waals surface area contributed by atoms with Crippen molar-refractivity contribution in [2.45, 2.75) is 18.6 Å². The second kappa shape index (κ2) is 10.1. The summed E-state index contributed by atoms with van der Waals surface area (Å²) in [5.41, 5.74) is 1.63. The summed E-state index contributed by atoms with van der Waals surface area (Å²) >= 11 is 1.19. The molecule has 0 saturated heterocycles. The Kier molecular flexibility index (Phi) is 7.24. The first kappa shape index (κ1) is 22.3. The molecule has 0 fully saturated rings. The topological polar surface area (TPSA) is 98.1 Å². The molecule has 2 aromatic carbocycles. The fourth-order valence-electron chi connectivity index (χ4n) is 2.76. The van der Waals surface area contributed by atoms with Gasteiger partial charge in [0.15, 0.2) is 11.0 Å².